The Labute approximate surface area is 94.1 Å². The highest BCUT2D eigenvalue weighted by Gasteiger charge is 2.02. The largest absolute Gasteiger partial charge is 0.437 e. The topological polar surface area (TPSA) is 61.0 Å². The summed E-state index contributed by atoms with van der Waals surface area (Å²) in [6, 6.07) is 7.38. The molecule has 2 heterocycles. The van der Waals surface area contributed by atoms with Crippen LogP contribution < -0.4 is 10.5 Å². The van der Waals surface area contributed by atoms with Gasteiger partial charge in [-0.25, -0.2) is 4.98 Å². The summed E-state index contributed by atoms with van der Waals surface area (Å²) in [5.41, 5.74) is 7.48. The maximum absolute atomic E-state index is 5.56. The average molecular weight is 215 g/mol. The molecule has 82 valence electrons. The molecule has 0 saturated heterocycles. The van der Waals surface area contributed by atoms with Gasteiger partial charge in [0.1, 0.15) is 5.75 Å². The molecule has 0 atom stereocenters. The van der Waals surface area contributed by atoms with E-state index in [1.165, 1.54) is 0 Å². The number of hydrogen-bond donors (Lipinski definition) is 1. The van der Waals surface area contributed by atoms with Crippen molar-refractivity contribution in [3.63, 3.8) is 0 Å². The lowest BCUT2D eigenvalue weighted by Gasteiger charge is -2.07. The molecule has 4 heteroatoms. The second-order valence-electron chi connectivity index (χ2n) is 3.39. The molecule has 0 bridgehead atoms. The van der Waals surface area contributed by atoms with E-state index in [1.807, 2.05) is 31.2 Å². The monoisotopic (exact) mass is 215 g/mol. The maximum atomic E-state index is 5.56. The molecular formula is C12H13N3O. The standard InChI is InChI=1S/C12H13N3O/c1-9-10(7-13)4-5-12(15-9)16-11-3-2-6-14-8-11/h2-6,8H,7,13H2,1H3. The predicted octanol–water partition coefficient (Wildman–Crippen LogP) is 2.04. The summed E-state index contributed by atoms with van der Waals surface area (Å²) < 4.78 is 5.54. The zero-order chi connectivity index (χ0) is 11.4. The lowest BCUT2D eigenvalue weighted by molar-refractivity contribution is 0.459. The van der Waals surface area contributed by atoms with Gasteiger partial charge >= 0.3 is 0 Å². The van der Waals surface area contributed by atoms with Crippen LogP contribution in [0.3, 0.4) is 0 Å². The molecule has 2 rings (SSSR count). The van der Waals surface area contributed by atoms with Crippen LogP contribution in [0.15, 0.2) is 36.7 Å². The van der Waals surface area contributed by atoms with Gasteiger partial charge in [0.25, 0.3) is 0 Å². The lowest BCUT2D eigenvalue weighted by Crippen LogP contribution is -2.01. The molecule has 0 unspecified atom stereocenters. The lowest BCUT2D eigenvalue weighted by atomic mass is 10.2. The highest BCUT2D eigenvalue weighted by atomic mass is 16.5. The Balaban J connectivity index is 2.20. The van der Waals surface area contributed by atoms with Gasteiger partial charge < -0.3 is 10.5 Å². The third kappa shape index (κ3) is 2.35. The average Bonchev–Trinajstić information content (AvgIpc) is 2.31. The van der Waals surface area contributed by atoms with Crippen LogP contribution in [0.1, 0.15) is 11.3 Å². The van der Waals surface area contributed by atoms with Gasteiger partial charge in [0.05, 0.1) is 6.20 Å². The first-order chi connectivity index (χ1) is 7.79. The van der Waals surface area contributed by atoms with Crippen LogP contribution >= 0.6 is 0 Å². The zero-order valence-electron chi connectivity index (χ0n) is 9.05. The number of pyridine rings is 2. The van der Waals surface area contributed by atoms with Crippen molar-refractivity contribution in [2.24, 2.45) is 5.73 Å². The van der Waals surface area contributed by atoms with Crippen molar-refractivity contribution in [2.45, 2.75) is 13.5 Å². The first kappa shape index (κ1) is 10.6. The molecule has 0 saturated carbocycles. The van der Waals surface area contributed by atoms with E-state index in [0.717, 1.165) is 11.3 Å². The van der Waals surface area contributed by atoms with Gasteiger partial charge in [-0.2, -0.15) is 0 Å². The quantitative estimate of drug-likeness (QED) is 0.851. The van der Waals surface area contributed by atoms with Crippen molar-refractivity contribution < 1.29 is 4.74 Å². The Morgan fingerprint density at radius 2 is 2.19 bits per heavy atom. The second-order valence-corrected chi connectivity index (χ2v) is 3.39. The minimum Gasteiger partial charge on any atom is -0.437 e. The molecule has 0 radical (unpaired) electrons. The van der Waals surface area contributed by atoms with Crippen LogP contribution in [0, 0.1) is 6.92 Å². The minimum atomic E-state index is 0.492. The molecular weight excluding hydrogens is 202 g/mol. The number of aromatic nitrogens is 2. The van der Waals surface area contributed by atoms with E-state index in [0.29, 0.717) is 18.2 Å². The van der Waals surface area contributed by atoms with Gasteiger partial charge in [0.2, 0.25) is 5.88 Å². The third-order valence-electron chi connectivity index (χ3n) is 2.25. The van der Waals surface area contributed by atoms with Crippen LogP contribution in [0.25, 0.3) is 0 Å². The van der Waals surface area contributed by atoms with Gasteiger partial charge in [-0.15, -0.1) is 0 Å². The SMILES string of the molecule is Cc1nc(Oc2cccnc2)ccc1CN. The summed E-state index contributed by atoms with van der Waals surface area (Å²) in [6.45, 7) is 2.41. The van der Waals surface area contributed by atoms with Gasteiger partial charge in [0.15, 0.2) is 0 Å². The Morgan fingerprint density at radius 1 is 1.31 bits per heavy atom. The number of hydrogen-bond acceptors (Lipinski definition) is 4. The molecule has 2 aromatic rings. The minimum absolute atomic E-state index is 0.492. The van der Waals surface area contributed by atoms with Gasteiger partial charge in [-0.3, -0.25) is 4.98 Å². The summed E-state index contributed by atoms with van der Waals surface area (Å²) in [5, 5.41) is 0. The number of nitrogens with zero attached hydrogens (tertiary/aromatic N) is 2. The van der Waals surface area contributed by atoms with E-state index in [9.17, 15) is 0 Å². The van der Waals surface area contributed by atoms with Crippen LogP contribution in [0.4, 0.5) is 0 Å². The molecule has 2 aromatic heterocycles. The third-order valence-corrected chi connectivity index (χ3v) is 2.25. The number of ether oxygens (including phenoxy) is 1. The fourth-order valence-corrected chi connectivity index (χ4v) is 1.37. The summed E-state index contributed by atoms with van der Waals surface area (Å²) in [7, 11) is 0. The molecule has 0 fully saturated rings. The van der Waals surface area contributed by atoms with Crippen LogP contribution in [0.2, 0.25) is 0 Å². The Hall–Kier alpha value is -1.94. The molecule has 0 spiro atoms. The Bertz CT molecular complexity index is 471. The molecule has 0 aromatic carbocycles. The van der Waals surface area contributed by atoms with Crippen molar-refractivity contribution >= 4 is 0 Å². The van der Waals surface area contributed by atoms with Gasteiger partial charge in [-0.1, -0.05) is 6.07 Å². The molecule has 16 heavy (non-hydrogen) atoms. The first-order valence-corrected chi connectivity index (χ1v) is 5.04. The maximum Gasteiger partial charge on any atom is 0.219 e. The summed E-state index contributed by atoms with van der Waals surface area (Å²) in [4.78, 5) is 8.27. The van der Waals surface area contributed by atoms with Crippen LogP contribution in [-0.2, 0) is 6.54 Å². The fourth-order valence-electron chi connectivity index (χ4n) is 1.37. The van der Waals surface area contributed by atoms with Crippen molar-refractivity contribution in [2.75, 3.05) is 0 Å². The zero-order valence-corrected chi connectivity index (χ0v) is 9.05. The predicted molar refractivity (Wildman–Crippen MR) is 61.2 cm³/mol. The summed E-state index contributed by atoms with van der Waals surface area (Å²) >= 11 is 0. The molecule has 2 N–H and O–H groups in total. The Kier molecular flexibility index (Phi) is 3.12. The highest BCUT2D eigenvalue weighted by molar-refractivity contribution is 5.28. The molecule has 0 aliphatic rings. The van der Waals surface area contributed by atoms with Crippen LogP contribution in [0.5, 0.6) is 11.6 Å². The van der Waals surface area contributed by atoms with E-state index in [2.05, 4.69) is 9.97 Å². The van der Waals surface area contributed by atoms with Crippen molar-refractivity contribution in [3.8, 4) is 11.6 Å². The van der Waals surface area contributed by atoms with Crippen molar-refractivity contribution in [3.05, 3.63) is 47.9 Å². The fraction of sp³-hybridized carbons (Fsp3) is 0.167. The smallest absolute Gasteiger partial charge is 0.219 e. The molecule has 0 aliphatic carbocycles. The van der Waals surface area contributed by atoms with E-state index < -0.39 is 0 Å². The number of aryl methyl sites for hydroxylation is 1. The highest BCUT2D eigenvalue weighted by Crippen LogP contribution is 2.19. The van der Waals surface area contributed by atoms with Gasteiger partial charge in [-0.05, 0) is 24.6 Å². The van der Waals surface area contributed by atoms with Crippen molar-refractivity contribution in [1.29, 1.82) is 0 Å². The second kappa shape index (κ2) is 4.72. The molecule has 0 amide bonds. The van der Waals surface area contributed by atoms with E-state index in [1.54, 1.807) is 12.4 Å². The first-order valence-electron chi connectivity index (χ1n) is 5.04. The van der Waals surface area contributed by atoms with E-state index >= 15 is 0 Å². The van der Waals surface area contributed by atoms with E-state index in [-0.39, 0.29) is 0 Å². The summed E-state index contributed by atoms with van der Waals surface area (Å²) in [5.74, 6) is 1.23. The normalized spacial score (nSPS) is 10.1. The number of nitrogens with two attached hydrogens (primary N) is 1. The summed E-state index contributed by atoms with van der Waals surface area (Å²) in [6.07, 6.45) is 3.34. The molecule has 4 nitrogen and oxygen atoms in total. The Morgan fingerprint density at radius 3 is 2.81 bits per heavy atom. The van der Waals surface area contributed by atoms with E-state index in [4.69, 9.17) is 10.5 Å². The van der Waals surface area contributed by atoms with Gasteiger partial charge in [0, 0.05) is 24.5 Å². The van der Waals surface area contributed by atoms with Crippen LogP contribution in [-0.4, -0.2) is 9.97 Å². The number of rotatable bonds is 3. The van der Waals surface area contributed by atoms with Crippen molar-refractivity contribution in [1.82, 2.24) is 9.97 Å². The molecule has 0 aliphatic heterocycles.